The van der Waals surface area contributed by atoms with Gasteiger partial charge in [0.25, 0.3) is 0 Å². The Morgan fingerprint density at radius 3 is 2.47 bits per heavy atom. The molecule has 4 aliphatic rings. The fourth-order valence-electron chi connectivity index (χ4n) is 9.37. The molecule has 0 spiro atoms. The number of allylic oxidation sites excluding steroid dienone is 1. The summed E-state index contributed by atoms with van der Waals surface area (Å²) in [7, 11) is -4.40. The minimum atomic E-state index is -4.40. The molecule has 1 N–H and O–H groups in total. The van der Waals surface area contributed by atoms with Gasteiger partial charge in [-0.15, -0.1) is 0 Å². The molecule has 6 nitrogen and oxygen atoms in total. The molecule has 0 saturated heterocycles. The van der Waals surface area contributed by atoms with Gasteiger partial charge in [0.15, 0.2) is 0 Å². The summed E-state index contributed by atoms with van der Waals surface area (Å²) in [5.74, 6) is 5.16. The van der Waals surface area contributed by atoms with Crippen molar-refractivity contribution < 1.29 is 26.6 Å². The van der Waals surface area contributed by atoms with E-state index in [1.807, 2.05) is 0 Å². The van der Waals surface area contributed by atoms with Crippen LogP contribution in [0.15, 0.2) is 11.6 Å². The predicted molar refractivity (Wildman–Crippen MR) is 151 cm³/mol. The van der Waals surface area contributed by atoms with Crippen LogP contribution in [0.4, 0.5) is 0 Å². The Morgan fingerprint density at radius 2 is 1.74 bits per heavy atom. The molecule has 3 saturated carbocycles. The van der Waals surface area contributed by atoms with Crippen LogP contribution in [0, 0.1) is 46.3 Å². The standard InChI is InChI=1S/C31H54O6S/c1-22(2)7-6-8-23(3)27-11-12-28-26-10-9-24-21-25(36-19-17-35-18-20-37-38(32,33)34)13-15-30(24,4)29(26)14-16-31(27,28)5/h9,22-23,25-29H,6-8,10-21H2,1-5H3,(H,32,33,34)/t23-,25+,26+,27-,28+,29+,30+,31-/m1/s1. The third-order valence-electron chi connectivity index (χ3n) is 11.3. The Balaban J connectivity index is 1.28. The van der Waals surface area contributed by atoms with Crippen LogP contribution in [0.3, 0.4) is 0 Å². The van der Waals surface area contributed by atoms with Gasteiger partial charge in [0.05, 0.1) is 32.5 Å². The molecular weight excluding hydrogens is 500 g/mol. The van der Waals surface area contributed by atoms with E-state index in [4.69, 9.17) is 14.0 Å². The first-order valence-electron chi connectivity index (χ1n) is 15.4. The van der Waals surface area contributed by atoms with Gasteiger partial charge in [-0.3, -0.25) is 4.55 Å². The molecule has 0 heterocycles. The van der Waals surface area contributed by atoms with Gasteiger partial charge in [-0.1, -0.05) is 65.5 Å². The smallest absolute Gasteiger partial charge is 0.377 e. The zero-order valence-electron chi connectivity index (χ0n) is 24.6. The van der Waals surface area contributed by atoms with Crippen LogP contribution in [0.25, 0.3) is 0 Å². The maximum atomic E-state index is 10.6. The molecule has 0 aromatic carbocycles. The van der Waals surface area contributed by atoms with Crippen molar-refractivity contribution >= 4 is 10.4 Å². The van der Waals surface area contributed by atoms with Gasteiger partial charge in [-0.2, -0.15) is 8.42 Å². The molecule has 4 rings (SSSR count). The number of rotatable bonds is 13. The topological polar surface area (TPSA) is 82.1 Å². The van der Waals surface area contributed by atoms with Gasteiger partial charge < -0.3 is 9.47 Å². The normalized spacial score (nSPS) is 37.9. The second kappa shape index (κ2) is 12.6. The van der Waals surface area contributed by atoms with Crippen molar-refractivity contribution in [1.82, 2.24) is 0 Å². The number of fused-ring (bicyclic) bond motifs is 5. The highest BCUT2D eigenvalue weighted by Crippen LogP contribution is 2.67. The van der Waals surface area contributed by atoms with Gasteiger partial charge >= 0.3 is 10.4 Å². The first-order valence-corrected chi connectivity index (χ1v) is 16.8. The molecule has 220 valence electrons. The van der Waals surface area contributed by atoms with Crippen molar-refractivity contribution in [3.05, 3.63) is 11.6 Å². The van der Waals surface area contributed by atoms with Gasteiger partial charge in [-0.05, 0) is 97.7 Å². The Bertz CT molecular complexity index is 915. The third-order valence-corrected chi connectivity index (χ3v) is 11.8. The van der Waals surface area contributed by atoms with E-state index in [1.165, 1.54) is 57.8 Å². The molecule has 8 atom stereocenters. The molecule has 0 aliphatic heterocycles. The van der Waals surface area contributed by atoms with Crippen molar-refractivity contribution in [1.29, 1.82) is 0 Å². The highest BCUT2D eigenvalue weighted by Gasteiger charge is 2.59. The van der Waals surface area contributed by atoms with Crippen molar-refractivity contribution in [3.63, 3.8) is 0 Å². The maximum absolute atomic E-state index is 10.6. The Morgan fingerprint density at radius 1 is 0.974 bits per heavy atom. The van der Waals surface area contributed by atoms with Crippen LogP contribution in [-0.2, 0) is 24.1 Å². The van der Waals surface area contributed by atoms with Crippen LogP contribution in [0.2, 0.25) is 0 Å². The highest BCUT2D eigenvalue weighted by molar-refractivity contribution is 7.80. The second-order valence-electron chi connectivity index (χ2n) is 13.9. The van der Waals surface area contributed by atoms with Gasteiger partial charge in [0.2, 0.25) is 0 Å². The molecular formula is C31H54O6S. The van der Waals surface area contributed by atoms with Crippen molar-refractivity contribution in [2.45, 2.75) is 111 Å². The summed E-state index contributed by atoms with van der Waals surface area (Å²) in [4.78, 5) is 0. The maximum Gasteiger partial charge on any atom is 0.397 e. The van der Waals surface area contributed by atoms with Gasteiger partial charge in [0, 0.05) is 0 Å². The fourth-order valence-corrected chi connectivity index (χ4v) is 9.65. The fraction of sp³-hybridized carbons (Fsp3) is 0.935. The summed E-state index contributed by atoms with van der Waals surface area (Å²) in [6, 6.07) is 0. The average molecular weight is 555 g/mol. The molecule has 4 aliphatic carbocycles. The minimum Gasteiger partial charge on any atom is -0.377 e. The molecule has 0 unspecified atom stereocenters. The van der Waals surface area contributed by atoms with Crippen LogP contribution < -0.4 is 0 Å². The summed E-state index contributed by atoms with van der Waals surface area (Å²) in [5.41, 5.74) is 2.50. The summed E-state index contributed by atoms with van der Waals surface area (Å²) >= 11 is 0. The Kier molecular flexibility index (Phi) is 10.1. The lowest BCUT2D eigenvalue weighted by Gasteiger charge is -2.58. The number of hydrogen-bond acceptors (Lipinski definition) is 5. The Hall–Kier alpha value is -0.470. The van der Waals surface area contributed by atoms with Crippen LogP contribution in [0.1, 0.15) is 105 Å². The second-order valence-corrected chi connectivity index (χ2v) is 15.0. The Labute approximate surface area is 232 Å². The number of hydrogen-bond donors (Lipinski definition) is 1. The molecule has 0 amide bonds. The minimum absolute atomic E-state index is 0.109. The quantitative estimate of drug-likeness (QED) is 0.147. The lowest BCUT2D eigenvalue weighted by atomic mass is 9.47. The van der Waals surface area contributed by atoms with Crippen LogP contribution >= 0.6 is 0 Å². The van der Waals surface area contributed by atoms with E-state index in [0.717, 1.165) is 48.3 Å². The SMILES string of the molecule is CC(C)CCC[C@@H](C)[C@H]1CC[C@H]2[C@@H]3CC=C4C[C@@H](OCCOCCOS(=O)(=O)O)CC[C@]4(C)[C@H]3CC[C@]12C. The monoisotopic (exact) mass is 554 g/mol. The number of ether oxygens (including phenoxy) is 2. The zero-order chi connectivity index (χ0) is 27.6. The highest BCUT2D eigenvalue weighted by atomic mass is 32.3. The van der Waals surface area contributed by atoms with Crippen LogP contribution in [0.5, 0.6) is 0 Å². The average Bonchev–Trinajstić information content (AvgIpc) is 3.20. The van der Waals surface area contributed by atoms with E-state index < -0.39 is 10.4 Å². The molecule has 0 aromatic heterocycles. The summed E-state index contributed by atoms with van der Waals surface area (Å²) in [5, 5.41) is 0. The third kappa shape index (κ3) is 6.87. The van der Waals surface area contributed by atoms with E-state index in [2.05, 4.69) is 44.9 Å². The lowest BCUT2D eigenvalue weighted by molar-refractivity contribution is -0.0681. The largest absolute Gasteiger partial charge is 0.397 e. The first kappa shape index (κ1) is 30.5. The molecule has 0 aromatic rings. The van der Waals surface area contributed by atoms with E-state index in [-0.39, 0.29) is 19.3 Å². The summed E-state index contributed by atoms with van der Waals surface area (Å²) in [6.07, 6.45) is 17.3. The molecule has 0 bridgehead atoms. The van der Waals surface area contributed by atoms with Gasteiger partial charge in [-0.25, -0.2) is 4.18 Å². The van der Waals surface area contributed by atoms with Gasteiger partial charge in [0.1, 0.15) is 0 Å². The summed E-state index contributed by atoms with van der Waals surface area (Å²) in [6.45, 7) is 13.3. The molecule has 0 radical (unpaired) electrons. The molecule has 3 fully saturated rings. The van der Waals surface area contributed by atoms with Crippen LogP contribution in [-0.4, -0.2) is 45.5 Å². The van der Waals surface area contributed by atoms with E-state index >= 15 is 0 Å². The van der Waals surface area contributed by atoms with E-state index in [0.29, 0.717) is 24.0 Å². The van der Waals surface area contributed by atoms with E-state index in [1.54, 1.807) is 5.57 Å². The van der Waals surface area contributed by atoms with Crippen molar-refractivity contribution in [2.24, 2.45) is 46.3 Å². The predicted octanol–water partition coefficient (Wildman–Crippen LogP) is 7.25. The van der Waals surface area contributed by atoms with Crippen molar-refractivity contribution in [2.75, 3.05) is 26.4 Å². The van der Waals surface area contributed by atoms with E-state index in [9.17, 15) is 8.42 Å². The summed E-state index contributed by atoms with van der Waals surface area (Å²) < 4.78 is 45.5. The first-order chi connectivity index (χ1) is 17.9. The molecule has 38 heavy (non-hydrogen) atoms. The molecule has 7 heteroatoms. The zero-order valence-corrected chi connectivity index (χ0v) is 25.4. The lowest BCUT2D eigenvalue weighted by Crippen LogP contribution is -2.51. The van der Waals surface area contributed by atoms with Crippen molar-refractivity contribution in [3.8, 4) is 0 Å².